The second kappa shape index (κ2) is 5.36. The van der Waals surface area contributed by atoms with Crippen molar-refractivity contribution in [3.8, 4) is 0 Å². The van der Waals surface area contributed by atoms with Crippen LogP contribution in [0.3, 0.4) is 0 Å². The van der Waals surface area contributed by atoms with E-state index in [-0.39, 0.29) is 18.0 Å². The Morgan fingerprint density at radius 3 is 2.68 bits per heavy atom. The molecule has 6 nitrogen and oxygen atoms in total. The maximum absolute atomic E-state index is 11.0. The van der Waals surface area contributed by atoms with Crippen LogP contribution in [0.1, 0.15) is 30.7 Å². The van der Waals surface area contributed by atoms with Gasteiger partial charge in [-0.2, -0.15) is 0 Å². The molecular weight excluding hydrogens is 250 g/mol. The molecule has 0 spiro atoms. The van der Waals surface area contributed by atoms with Crippen molar-refractivity contribution >= 4 is 11.7 Å². The fraction of sp³-hybridized carbons (Fsp3) is 0.462. The van der Waals surface area contributed by atoms with E-state index in [0.717, 1.165) is 0 Å². The van der Waals surface area contributed by atoms with E-state index in [9.17, 15) is 20.0 Å². The highest BCUT2D eigenvalue weighted by molar-refractivity contribution is 5.67. The van der Waals surface area contributed by atoms with Crippen LogP contribution in [0.4, 0.5) is 5.69 Å². The van der Waals surface area contributed by atoms with E-state index >= 15 is 0 Å². The first-order valence-corrected chi connectivity index (χ1v) is 6.14. The number of carboxylic acids is 1. The highest BCUT2D eigenvalue weighted by Gasteiger charge is 2.40. The zero-order valence-corrected chi connectivity index (χ0v) is 10.2. The predicted octanol–water partition coefficient (Wildman–Crippen LogP) is 1.92. The number of aliphatic hydroxyl groups is 1. The summed E-state index contributed by atoms with van der Waals surface area (Å²) in [4.78, 5) is 21.4. The van der Waals surface area contributed by atoms with Crippen molar-refractivity contribution in [2.24, 2.45) is 5.92 Å². The summed E-state index contributed by atoms with van der Waals surface area (Å²) >= 11 is 0. The maximum atomic E-state index is 11.0. The first-order chi connectivity index (χ1) is 9.00. The van der Waals surface area contributed by atoms with Crippen LogP contribution in [0.2, 0.25) is 0 Å². The summed E-state index contributed by atoms with van der Waals surface area (Å²) in [5.41, 5.74) is 0.382. The van der Waals surface area contributed by atoms with Gasteiger partial charge in [0.25, 0.3) is 5.69 Å². The average Bonchev–Trinajstić information content (AvgIpc) is 2.69. The zero-order chi connectivity index (χ0) is 14.0. The fourth-order valence-electron chi connectivity index (χ4n) is 2.91. The quantitative estimate of drug-likeness (QED) is 0.639. The number of hydrogen-bond acceptors (Lipinski definition) is 4. The summed E-state index contributed by atoms with van der Waals surface area (Å²) < 4.78 is 0. The SMILES string of the molecule is O=C(O)CC1CCC(O)C1c1ccccc1[N+](=O)[O-]. The molecule has 1 aliphatic carbocycles. The van der Waals surface area contributed by atoms with E-state index in [2.05, 4.69) is 0 Å². The molecule has 1 saturated carbocycles. The van der Waals surface area contributed by atoms with Crippen molar-refractivity contribution in [2.45, 2.75) is 31.3 Å². The molecule has 102 valence electrons. The molecule has 0 saturated heterocycles. The Labute approximate surface area is 109 Å². The summed E-state index contributed by atoms with van der Waals surface area (Å²) in [6, 6.07) is 6.23. The predicted molar refractivity (Wildman–Crippen MR) is 66.8 cm³/mol. The Morgan fingerprint density at radius 2 is 2.05 bits per heavy atom. The van der Waals surface area contributed by atoms with Crippen molar-refractivity contribution in [3.05, 3.63) is 39.9 Å². The Morgan fingerprint density at radius 1 is 1.37 bits per heavy atom. The number of nitro benzene ring substituents is 1. The zero-order valence-electron chi connectivity index (χ0n) is 10.2. The fourth-order valence-corrected chi connectivity index (χ4v) is 2.91. The number of carboxylic acid groups (broad SMARTS) is 1. The van der Waals surface area contributed by atoms with E-state index in [1.165, 1.54) is 6.07 Å². The van der Waals surface area contributed by atoms with Crippen LogP contribution < -0.4 is 0 Å². The molecule has 0 heterocycles. The van der Waals surface area contributed by atoms with Gasteiger partial charge in [-0.1, -0.05) is 18.2 Å². The third-order valence-corrected chi connectivity index (χ3v) is 3.69. The molecule has 1 aromatic carbocycles. The van der Waals surface area contributed by atoms with Crippen LogP contribution in [0, 0.1) is 16.0 Å². The molecule has 0 amide bonds. The standard InChI is InChI=1S/C13H15NO5/c15-11-6-5-8(7-12(16)17)13(11)9-3-1-2-4-10(9)14(18)19/h1-4,8,11,13,15H,5-7H2,(H,16,17). The summed E-state index contributed by atoms with van der Waals surface area (Å²) in [5.74, 6) is -1.67. The molecule has 6 heteroatoms. The van der Waals surface area contributed by atoms with Crippen molar-refractivity contribution in [1.29, 1.82) is 0 Å². The van der Waals surface area contributed by atoms with Crippen molar-refractivity contribution < 1.29 is 19.9 Å². The van der Waals surface area contributed by atoms with Gasteiger partial charge in [0, 0.05) is 24.0 Å². The summed E-state index contributed by atoms with van der Waals surface area (Å²) in [5, 5.41) is 29.9. The molecule has 2 rings (SSSR count). The molecule has 1 aliphatic rings. The lowest BCUT2D eigenvalue weighted by atomic mass is 9.85. The number of para-hydroxylation sites is 1. The van der Waals surface area contributed by atoms with Crippen LogP contribution in [0.15, 0.2) is 24.3 Å². The maximum Gasteiger partial charge on any atom is 0.303 e. The summed E-state index contributed by atoms with van der Waals surface area (Å²) in [7, 11) is 0. The van der Waals surface area contributed by atoms with Crippen molar-refractivity contribution in [1.82, 2.24) is 0 Å². The smallest absolute Gasteiger partial charge is 0.303 e. The number of hydrogen-bond donors (Lipinski definition) is 2. The lowest BCUT2D eigenvalue weighted by Crippen LogP contribution is -2.20. The highest BCUT2D eigenvalue weighted by atomic mass is 16.6. The molecule has 3 unspecified atom stereocenters. The Kier molecular flexibility index (Phi) is 3.80. The number of benzene rings is 1. The van der Waals surface area contributed by atoms with Crippen LogP contribution in [-0.4, -0.2) is 27.2 Å². The van der Waals surface area contributed by atoms with Gasteiger partial charge in [-0.3, -0.25) is 14.9 Å². The first kappa shape index (κ1) is 13.5. The van der Waals surface area contributed by atoms with E-state index in [0.29, 0.717) is 18.4 Å². The van der Waals surface area contributed by atoms with Gasteiger partial charge in [0.1, 0.15) is 0 Å². The molecule has 19 heavy (non-hydrogen) atoms. The molecule has 2 N–H and O–H groups in total. The minimum atomic E-state index is -0.942. The van der Waals surface area contributed by atoms with Gasteiger partial charge in [0.15, 0.2) is 0 Å². The van der Waals surface area contributed by atoms with Crippen LogP contribution in [0.5, 0.6) is 0 Å². The molecule has 1 aromatic rings. The summed E-state index contributed by atoms with van der Waals surface area (Å²) in [6.07, 6.45) is 0.262. The Balaban J connectivity index is 2.37. The molecule has 0 aliphatic heterocycles. The van der Waals surface area contributed by atoms with Crippen LogP contribution >= 0.6 is 0 Å². The second-order valence-electron chi connectivity index (χ2n) is 4.84. The first-order valence-electron chi connectivity index (χ1n) is 6.14. The van der Waals surface area contributed by atoms with E-state index in [1.54, 1.807) is 18.2 Å². The molecule has 1 fully saturated rings. The number of nitro groups is 1. The second-order valence-corrected chi connectivity index (χ2v) is 4.84. The van der Waals surface area contributed by atoms with Gasteiger partial charge in [-0.25, -0.2) is 0 Å². The van der Waals surface area contributed by atoms with Gasteiger partial charge in [0.2, 0.25) is 0 Å². The number of aliphatic carboxylic acids is 1. The third kappa shape index (κ3) is 2.73. The lowest BCUT2D eigenvalue weighted by molar-refractivity contribution is -0.385. The number of rotatable bonds is 4. The minimum Gasteiger partial charge on any atom is -0.481 e. The van der Waals surface area contributed by atoms with Gasteiger partial charge >= 0.3 is 5.97 Å². The largest absolute Gasteiger partial charge is 0.481 e. The molecule has 0 aromatic heterocycles. The monoisotopic (exact) mass is 265 g/mol. The third-order valence-electron chi connectivity index (χ3n) is 3.69. The van der Waals surface area contributed by atoms with Gasteiger partial charge in [-0.05, 0) is 18.8 Å². The number of carbonyl (C=O) groups is 1. The van der Waals surface area contributed by atoms with Crippen LogP contribution in [-0.2, 0) is 4.79 Å². The topological polar surface area (TPSA) is 101 Å². The lowest BCUT2D eigenvalue weighted by Gasteiger charge is -2.21. The van der Waals surface area contributed by atoms with Gasteiger partial charge < -0.3 is 10.2 Å². The van der Waals surface area contributed by atoms with Crippen molar-refractivity contribution in [2.75, 3.05) is 0 Å². The molecular formula is C13H15NO5. The minimum absolute atomic E-state index is 0.0520. The highest BCUT2D eigenvalue weighted by Crippen LogP contribution is 2.44. The van der Waals surface area contributed by atoms with E-state index in [4.69, 9.17) is 5.11 Å². The Bertz CT molecular complexity index is 502. The molecule has 0 radical (unpaired) electrons. The summed E-state index contributed by atoms with van der Waals surface area (Å²) in [6.45, 7) is 0. The average molecular weight is 265 g/mol. The number of aliphatic hydroxyl groups excluding tert-OH is 1. The van der Waals surface area contributed by atoms with Gasteiger partial charge in [0.05, 0.1) is 11.0 Å². The van der Waals surface area contributed by atoms with Gasteiger partial charge in [-0.15, -0.1) is 0 Å². The van der Waals surface area contributed by atoms with Crippen LogP contribution in [0.25, 0.3) is 0 Å². The van der Waals surface area contributed by atoms with E-state index in [1.807, 2.05) is 0 Å². The normalized spacial score (nSPS) is 26.3. The Hall–Kier alpha value is -1.95. The molecule has 3 atom stereocenters. The van der Waals surface area contributed by atoms with Crippen molar-refractivity contribution in [3.63, 3.8) is 0 Å². The number of nitrogens with zero attached hydrogens (tertiary/aromatic N) is 1. The van der Waals surface area contributed by atoms with E-state index < -0.39 is 22.9 Å². The molecule has 0 bridgehead atoms.